The fourth-order valence-corrected chi connectivity index (χ4v) is 4.31. The summed E-state index contributed by atoms with van der Waals surface area (Å²) in [5.74, 6) is 1.81. The van der Waals surface area contributed by atoms with E-state index in [0.717, 1.165) is 30.0 Å². The molecule has 1 saturated heterocycles. The van der Waals surface area contributed by atoms with Crippen LogP contribution in [-0.4, -0.2) is 31.2 Å². The van der Waals surface area contributed by atoms with E-state index in [9.17, 15) is 0 Å². The average molecular weight is 335 g/mol. The Morgan fingerprint density at radius 1 is 0.920 bits per heavy atom. The van der Waals surface area contributed by atoms with Crippen LogP contribution in [0.2, 0.25) is 0 Å². The van der Waals surface area contributed by atoms with Crippen molar-refractivity contribution >= 4 is 5.57 Å². The molecule has 2 atom stereocenters. The maximum absolute atomic E-state index is 5.62. The lowest BCUT2D eigenvalue weighted by molar-refractivity contribution is 0.203. The van der Waals surface area contributed by atoms with Gasteiger partial charge < -0.3 is 9.47 Å². The summed E-state index contributed by atoms with van der Waals surface area (Å²) in [6.45, 7) is 1.03. The van der Waals surface area contributed by atoms with E-state index in [1.807, 2.05) is 18.2 Å². The molecule has 0 N–H and O–H groups in total. The molecule has 2 aliphatic rings. The molecule has 3 heteroatoms. The maximum Gasteiger partial charge on any atom is 0.130 e. The summed E-state index contributed by atoms with van der Waals surface area (Å²) in [6.07, 6.45) is 5.99. The molecule has 25 heavy (non-hydrogen) atoms. The van der Waals surface area contributed by atoms with Crippen LogP contribution in [0.25, 0.3) is 5.57 Å². The van der Waals surface area contributed by atoms with Crippen LogP contribution in [0.15, 0.2) is 54.6 Å². The first-order valence-corrected chi connectivity index (χ1v) is 9.02. The van der Waals surface area contributed by atoms with Gasteiger partial charge in [0.05, 0.1) is 19.8 Å². The molecule has 0 aromatic heterocycles. The molecule has 0 spiro atoms. The third-order valence-electron chi connectivity index (χ3n) is 5.50. The number of rotatable bonds is 5. The number of benzene rings is 2. The van der Waals surface area contributed by atoms with Gasteiger partial charge in [-0.25, -0.2) is 0 Å². The van der Waals surface area contributed by atoms with Crippen LogP contribution in [0.5, 0.6) is 11.5 Å². The van der Waals surface area contributed by atoms with Gasteiger partial charge >= 0.3 is 0 Å². The van der Waals surface area contributed by atoms with Gasteiger partial charge in [0.1, 0.15) is 11.5 Å². The van der Waals surface area contributed by atoms with Crippen LogP contribution in [0.4, 0.5) is 0 Å². The third kappa shape index (κ3) is 3.05. The Morgan fingerprint density at radius 3 is 2.28 bits per heavy atom. The van der Waals surface area contributed by atoms with E-state index in [-0.39, 0.29) is 0 Å². The average Bonchev–Trinajstić information content (AvgIpc) is 2.89. The minimum absolute atomic E-state index is 0.503. The molecule has 0 radical (unpaired) electrons. The Morgan fingerprint density at radius 2 is 1.64 bits per heavy atom. The minimum atomic E-state index is 0.503. The summed E-state index contributed by atoms with van der Waals surface area (Å²) in [5, 5.41) is 0. The van der Waals surface area contributed by atoms with Crippen LogP contribution in [0, 0.1) is 0 Å². The van der Waals surface area contributed by atoms with Crippen molar-refractivity contribution in [3.8, 4) is 11.5 Å². The SMILES string of the molecule is COc1cccc(OC)c1C1=CC2CCC(C1)N2Cc1ccccc1. The zero-order chi connectivity index (χ0) is 17.2. The molecule has 2 unspecified atom stereocenters. The molecule has 4 rings (SSSR count). The number of hydrogen-bond donors (Lipinski definition) is 0. The second-order valence-corrected chi connectivity index (χ2v) is 6.89. The van der Waals surface area contributed by atoms with E-state index >= 15 is 0 Å². The fourth-order valence-electron chi connectivity index (χ4n) is 4.31. The molecule has 2 aromatic rings. The van der Waals surface area contributed by atoms with Gasteiger partial charge in [-0.15, -0.1) is 0 Å². The number of nitrogens with zero attached hydrogens (tertiary/aromatic N) is 1. The first-order valence-electron chi connectivity index (χ1n) is 9.02. The lowest BCUT2D eigenvalue weighted by Crippen LogP contribution is -2.37. The van der Waals surface area contributed by atoms with Gasteiger partial charge in [0, 0.05) is 18.6 Å². The van der Waals surface area contributed by atoms with Gasteiger partial charge in [0.15, 0.2) is 0 Å². The van der Waals surface area contributed by atoms with Gasteiger partial charge in [0.2, 0.25) is 0 Å². The third-order valence-corrected chi connectivity index (χ3v) is 5.50. The van der Waals surface area contributed by atoms with Crippen molar-refractivity contribution < 1.29 is 9.47 Å². The maximum atomic E-state index is 5.62. The largest absolute Gasteiger partial charge is 0.496 e. The molecule has 2 heterocycles. The van der Waals surface area contributed by atoms with E-state index < -0.39 is 0 Å². The summed E-state index contributed by atoms with van der Waals surface area (Å²) in [7, 11) is 3.47. The normalized spacial score (nSPS) is 22.6. The van der Waals surface area contributed by atoms with E-state index in [0.29, 0.717) is 12.1 Å². The van der Waals surface area contributed by atoms with Crippen LogP contribution in [-0.2, 0) is 6.54 Å². The number of ether oxygens (including phenoxy) is 2. The molecule has 0 aliphatic carbocycles. The molecule has 130 valence electrons. The Balaban J connectivity index is 1.64. The zero-order valence-electron chi connectivity index (χ0n) is 14.9. The van der Waals surface area contributed by atoms with Crippen molar-refractivity contribution in [2.45, 2.75) is 37.9 Å². The molecular weight excluding hydrogens is 310 g/mol. The summed E-state index contributed by atoms with van der Waals surface area (Å²) in [6, 6.07) is 17.9. The number of fused-ring (bicyclic) bond motifs is 2. The molecule has 1 fully saturated rings. The number of methoxy groups -OCH3 is 2. The van der Waals surface area contributed by atoms with Crippen molar-refractivity contribution in [3.63, 3.8) is 0 Å². The van der Waals surface area contributed by atoms with Crippen LogP contribution in [0.1, 0.15) is 30.4 Å². The standard InChI is InChI=1S/C22H25NO2/c1-24-20-9-6-10-21(25-2)22(20)17-13-18-11-12-19(14-17)23(18)15-16-7-4-3-5-8-16/h3-10,13,18-19H,11-12,14-15H2,1-2H3. The topological polar surface area (TPSA) is 21.7 Å². The van der Waals surface area contributed by atoms with Crippen molar-refractivity contribution in [1.82, 2.24) is 4.90 Å². The summed E-state index contributed by atoms with van der Waals surface area (Å²) in [5.41, 5.74) is 3.89. The predicted octanol–water partition coefficient (Wildman–Crippen LogP) is 4.52. The highest BCUT2D eigenvalue weighted by Crippen LogP contribution is 2.44. The Labute approximate surface area is 149 Å². The van der Waals surface area contributed by atoms with E-state index in [1.54, 1.807) is 14.2 Å². The quantitative estimate of drug-likeness (QED) is 0.801. The summed E-state index contributed by atoms with van der Waals surface area (Å²) >= 11 is 0. The van der Waals surface area contributed by atoms with Crippen LogP contribution < -0.4 is 9.47 Å². The van der Waals surface area contributed by atoms with Crippen molar-refractivity contribution in [3.05, 3.63) is 65.7 Å². The monoisotopic (exact) mass is 335 g/mol. The first-order chi connectivity index (χ1) is 12.3. The zero-order valence-corrected chi connectivity index (χ0v) is 14.9. The molecule has 0 amide bonds. The highest BCUT2D eigenvalue weighted by atomic mass is 16.5. The lowest BCUT2D eigenvalue weighted by atomic mass is 9.93. The Kier molecular flexibility index (Phi) is 4.50. The van der Waals surface area contributed by atoms with Crippen LogP contribution in [0.3, 0.4) is 0 Å². The lowest BCUT2D eigenvalue weighted by Gasteiger charge is -2.34. The molecule has 2 bridgehead atoms. The molecule has 2 aromatic carbocycles. The van der Waals surface area contributed by atoms with Gasteiger partial charge in [0.25, 0.3) is 0 Å². The molecular formula is C22H25NO2. The Bertz CT molecular complexity index is 747. The van der Waals surface area contributed by atoms with Gasteiger partial charge in [-0.3, -0.25) is 4.90 Å². The Hall–Kier alpha value is -2.26. The predicted molar refractivity (Wildman–Crippen MR) is 101 cm³/mol. The van der Waals surface area contributed by atoms with Crippen LogP contribution >= 0.6 is 0 Å². The van der Waals surface area contributed by atoms with Crippen molar-refractivity contribution in [2.24, 2.45) is 0 Å². The van der Waals surface area contributed by atoms with E-state index in [1.165, 1.54) is 24.0 Å². The van der Waals surface area contributed by atoms with Crippen molar-refractivity contribution in [1.29, 1.82) is 0 Å². The summed E-state index contributed by atoms with van der Waals surface area (Å²) in [4.78, 5) is 2.65. The second-order valence-electron chi connectivity index (χ2n) is 6.89. The summed E-state index contributed by atoms with van der Waals surface area (Å²) < 4.78 is 11.2. The van der Waals surface area contributed by atoms with E-state index in [4.69, 9.17) is 9.47 Å². The molecule has 3 nitrogen and oxygen atoms in total. The highest BCUT2D eigenvalue weighted by molar-refractivity contribution is 5.77. The smallest absolute Gasteiger partial charge is 0.130 e. The van der Waals surface area contributed by atoms with Gasteiger partial charge in [-0.05, 0) is 42.5 Å². The minimum Gasteiger partial charge on any atom is -0.496 e. The van der Waals surface area contributed by atoms with Gasteiger partial charge in [-0.2, -0.15) is 0 Å². The number of hydrogen-bond acceptors (Lipinski definition) is 3. The highest BCUT2D eigenvalue weighted by Gasteiger charge is 2.37. The molecule has 2 aliphatic heterocycles. The fraction of sp³-hybridized carbons (Fsp3) is 0.364. The van der Waals surface area contributed by atoms with Gasteiger partial charge in [-0.1, -0.05) is 42.5 Å². The van der Waals surface area contributed by atoms with E-state index in [2.05, 4.69) is 41.3 Å². The van der Waals surface area contributed by atoms with Crippen molar-refractivity contribution in [2.75, 3.05) is 14.2 Å². The molecule has 0 saturated carbocycles. The second kappa shape index (κ2) is 6.93. The first kappa shape index (κ1) is 16.2.